The maximum Gasteiger partial charge on any atom is 0.221 e. The lowest BCUT2D eigenvalue weighted by Crippen LogP contribution is -2.71. The monoisotopic (exact) mass is 155 g/mol. The summed E-state index contributed by atoms with van der Waals surface area (Å²) in [6.07, 6.45) is 0.613. The first-order chi connectivity index (χ1) is 5.31. The number of amides is 1. The summed E-state index contributed by atoms with van der Waals surface area (Å²) in [5.41, 5.74) is 0.173. The zero-order valence-corrected chi connectivity index (χ0v) is 6.44. The van der Waals surface area contributed by atoms with Crippen molar-refractivity contribution in [2.75, 3.05) is 26.2 Å². The minimum Gasteiger partial charge on any atom is -0.354 e. The molecule has 2 fully saturated rings. The largest absolute Gasteiger partial charge is 0.354 e. The van der Waals surface area contributed by atoms with Gasteiger partial charge in [0.1, 0.15) is 0 Å². The third-order valence-electron chi connectivity index (χ3n) is 2.40. The molecule has 0 aromatic rings. The molecule has 2 rings (SSSR count). The van der Waals surface area contributed by atoms with Gasteiger partial charge in [-0.05, 0) is 0 Å². The van der Waals surface area contributed by atoms with Gasteiger partial charge in [-0.15, -0.1) is 0 Å². The Morgan fingerprint density at radius 3 is 2.73 bits per heavy atom. The van der Waals surface area contributed by atoms with Crippen LogP contribution >= 0.6 is 0 Å². The SMILES string of the molecule is O=C1CCNC2(CNC2)CN1. The normalized spacial score (nSPS) is 28.9. The highest BCUT2D eigenvalue weighted by molar-refractivity contribution is 5.76. The van der Waals surface area contributed by atoms with Crippen LogP contribution in [-0.4, -0.2) is 37.6 Å². The summed E-state index contributed by atoms with van der Waals surface area (Å²) < 4.78 is 0. The van der Waals surface area contributed by atoms with Gasteiger partial charge >= 0.3 is 0 Å². The lowest BCUT2D eigenvalue weighted by molar-refractivity contribution is -0.120. The Morgan fingerprint density at radius 2 is 2.09 bits per heavy atom. The van der Waals surface area contributed by atoms with Gasteiger partial charge in [-0.3, -0.25) is 4.79 Å². The van der Waals surface area contributed by atoms with Crippen molar-refractivity contribution in [3.8, 4) is 0 Å². The Morgan fingerprint density at radius 1 is 1.27 bits per heavy atom. The molecule has 1 amide bonds. The second-order valence-electron chi connectivity index (χ2n) is 3.34. The van der Waals surface area contributed by atoms with Crippen LogP contribution in [0.15, 0.2) is 0 Å². The molecule has 2 aliphatic rings. The van der Waals surface area contributed by atoms with Crippen molar-refractivity contribution < 1.29 is 4.79 Å². The van der Waals surface area contributed by atoms with Gasteiger partial charge in [-0.2, -0.15) is 0 Å². The van der Waals surface area contributed by atoms with Gasteiger partial charge in [-0.1, -0.05) is 0 Å². The highest BCUT2D eigenvalue weighted by Crippen LogP contribution is 2.11. The van der Waals surface area contributed by atoms with Crippen LogP contribution in [-0.2, 0) is 4.79 Å². The minimum absolute atomic E-state index is 0.168. The molecule has 0 aromatic heterocycles. The van der Waals surface area contributed by atoms with Crippen molar-refractivity contribution in [2.24, 2.45) is 0 Å². The Kier molecular flexibility index (Phi) is 1.58. The van der Waals surface area contributed by atoms with Crippen molar-refractivity contribution in [1.82, 2.24) is 16.0 Å². The number of nitrogens with one attached hydrogen (secondary N) is 3. The molecule has 2 saturated heterocycles. The molecule has 0 saturated carbocycles. The lowest BCUT2D eigenvalue weighted by atomic mass is 9.93. The number of carbonyl (C=O) groups excluding carboxylic acids is 1. The molecule has 0 aliphatic carbocycles. The van der Waals surface area contributed by atoms with Crippen molar-refractivity contribution in [1.29, 1.82) is 0 Å². The Labute approximate surface area is 65.7 Å². The van der Waals surface area contributed by atoms with E-state index in [9.17, 15) is 4.79 Å². The van der Waals surface area contributed by atoms with Gasteiger partial charge in [0, 0.05) is 32.6 Å². The molecule has 2 heterocycles. The zero-order chi connectivity index (χ0) is 7.73. The van der Waals surface area contributed by atoms with E-state index in [4.69, 9.17) is 0 Å². The summed E-state index contributed by atoms with van der Waals surface area (Å²) >= 11 is 0. The second-order valence-corrected chi connectivity index (χ2v) is 3.34. The minimum atomic E-state index is 0.168. The van der Waals surface area contributed by atoms with E-state index in [0.717, 1.165) is 26.2 Å². The van der Waals surface area contributed by atoms with E-state index in [1.54, 1.807) is 0 Å². The van der Waals surface area contributed by atoms with E-state index in [0.29, 0.717) is 6.42 Å². The van der Waals surface area contributed by atoms with Crippen molar-refractivity contribution >= 4 is 5.91 Å². The molecule has 2 aliphatic heterocycles. The van der Waals surface area contributed by atoms with Crippen LogP contribution in [0.25, 0.3) is 0 Å². The zero-order valence-electron chi connectivity index (χ0n) is 6.44. The van der Waals surface area contributed by atoms with Crippen molar-refractivity contribution in [3.05, 3.63) is 0 Å². The first-order valence-corrected chi connectivity index (χ1v) is 4.03. The molecular formula is C7H13N3O. The maximum atomic E-state index is 10.9. The summed E-state index contributed by atoms with van der Waals surface area (Å²) in [4.78, 5) is 10.9. The standard InChI is InChI=1S/C7H13N3O/c11-6-1-2-10-7(5-9-6)3-8-4-7/h8,10H,1-5H2,(H,9,11). The highest BCUT2D eigenvalue weighted by atomic mass is 16.1. The van der Waals surface area contributed by atoms with Crippen LogP contribution in [0.1, 0.15) is 6.42 Å². The molecule has 4 heteroatoms. The summed E-state index contributed by atoms with van der Waals surface area (Å²) in [7, 11) is 0. The van der Waals surface area contributed by atoms with Gasteiger partial charge in [0.25, 0.3) is 0 Å². The molecule has 0 bridgehead atoms. The molecule has 0 atom stereocenters. The molecular weight excluding hydrogens is 142 g/mol. The molecule has 0 aromatic carbocycles. The van der Waals surface area contributed by atoms with E-state index in [1.165, 1.54) is 0 Å². The average molecular weight is 155 g/mol. The number of carbonyl (C=O) groups is 1. The van der Waals surface area contributed by atoms with Crippen LogP contribution in [0, 0.1) is 0 Å². The average Bonchev–Trinajstić information content (AvgIpc) is 2.09. The lowest BCUT2D eigenvalue weighted by Gasteiger charge is -2.42. The van der Waals surface area contributed by atoms with Crippen LogP contribution in [0.3, 0.4) is 0 Å². The van der Waals surface area contributed by atoms with Crippen LogP contribution < -0.4 is 16.0 Å². The fraction of sp³-hybridized carbons (Fsp3) is 0.857. The summed E-state index contributed by atoms with van der Waals surface area (Å²) in [5, 5.41) is 9.48. The van der Waals surface area contributed by atoms with Crippen molar-refractivity contribution in [2.45, 2.75) is 12.0 Å². The Hall–Kier alpha value is -0.610. The third-order valence-corrected chi connectivity index (χ3v) is 2.40. The van der Waals surface area contributed by atoms with Crippen molar-refractivity contribution in [3.63, 3.8) is 0 Å². The number of hydrogen-bond donors (Lipinski definition) is 3. The second kappa shape index (κ2) is 2.46. The van der Waals surface area contributed by atoms with E-state index < -0.39 is 0 Å². The molecule has 62 valence electrons. The topological polar surface area (TPSA) is 53.2 Å². The first kappa shape index (κ1) is 7.06. The van der Waals surface area contributed by atoms with Crippen LogP contribution in [0.5, 0.6) is 0 Å². The predicted octanol–water partition coefficient (Wildman–Crippen LogP) is -1.56. The quantitative estimate of drug-likeness (QED) is 0.396. The summed E-state index contributed by atoms with van der Waals surface area (Å²) in [6, 6.07) is 0. The molecule has 4 nitrogen and oxygen atoms in total. The van der Waals surface area contributed by atoms with Gasteiger partial charge in [0.2, 0.25) is 5.91 Å². The van der Waals surface area contributed by atoms with Gasteiger partial charge in [-0.25, -0.2) is 0 Å². The van der Waals surface area contributed by atoms with Gasteiger partial charge < -0.3 is 16.0 Å². The number of hydrogen-bond acceptors (Lipinski definition) is 3. The number of rotatable bonds is 0. The first-order valence-electron chi connectivity index (χ1n) is 4.03. The van der Waals surface area contributed by atoms with Gasteiger partial charge in [0.05, 0.1) is 5.54 Å². The van der Waals surface area contributed by atoms with Gasteiger partial charge in [0.15, 0.2) is 0 Å². The maximum absolute atomic E-state index is 10.9. The van der Waals surface area contributed by atoms with Crippen LogP contribution in [0.2, 0.25) is 0 Å². The third kappa shape index (κ3) is 1.23. The summed E-state index contributed by atoms with van der Waals surface area (Å²) in [6.45, 7) is 3.55. The highest BCUT2D eigenvalue weighted by Gasteiger charge is 2.37. The smallest absolute Gasteiger partial charge is 0.221 e. The summed E-state index contributed by atoms with van der Waals surface area (Å²) in [5.74, 6) is 0.168. The Balaban J connectivity index is 1.97. The molecule has 3 N–H and O–H groups in total. The van der Waals surface area contributed by atoms with E-state index in [2.05, 4.69) is 16.0 Å². The predicted molar refractivity (Wildman–Crippen MR) is 41.2 cm³/mol. The van der Waals surface area contributed by atoms with Crippen LogP contribution in [0.4, 0.5) is 0 Å². The van der Waals surface area contributed by atoms with E-state index in [-0.39, 0.29) is 11.4 Å². The molecule has 11 heavy (non-hydrogen) atoms. The Bertz CT molecular complexity index is 177. The fourth-order valence-corrected chi connectivity index (χ4v) is 1.54. The van der Waals surface area contributed by atoms with E-state index >= 15 is 0 Å². The molecule has 0 unspecified atom stereocenters. The van der Waals surface area contributed by atoms with E-state index in [1.807, 2.05) is 0 Å². The molecule has 0 radical (unpaired) electrons. The molecule has 1 spiro atoms. The fourth-order valence-electron chi connectivity index (χ4n) is 1.54.